The first-order chi connectivity index (χ1) is 9.52. The molecule has 1 saturated heterocycles. The van der Waals surface area contributed by atoms with Crippen LogP contribution >= 0.6 is 22.2 Å². The van der Waals surface area contributed by atoms with Gasteiger partial charge in [-0.25, -0.2) is 4.98 Å². The number of pyridine rings is 1. The van der Waals surface area contributed by atoms with Crippen LogP contribution in [0.5, 0.6) is 0 Å². The van der Waals surface area contributed by atoms with Gasteiger partial charge in [-0.05, 0) is 6.07 Å². The molecule has 8 heteroatoms. The van der Waals surface area contributed by atoms with Crippen molar-refractivity contribution in [3.05, 3.63) is 29.2 Å². The van der Waals surface area contributed by atoms with Crippen LogP contribution < -0.4 is 4.90 Å². The second-order valence-electron chi connectivity index (χ2n) is 4.74. The number of rotatable bonds is 2. The van der Waals surface area contributed by atoms with Crippen LogP contribution in [-0.2, 0) is 0 Å². The highest BCUT2D eigenvalue weighted by Crippen LogP contribution is 2.41. The molecule has 1 aliphatic heterocycles. The first kappa shape index (κ1) is 13.7. The van der Waals surface area contributed by atoms with E-state index in [9.17, 15) is 13.9 Å². The molecule has 6 nitrogen and oxygen atoms in total. The number of carbonyl (C=O) groups excluding carboxylic acids is 1. The standard InChI is InChI=1S/C12H14ClN3O3S/c13-10-5-9(7-17)12(16-8-14-6-11(10)16)15-1-3-20(18,19)4-2-15/h5-8,18-19H,1-4H2. The topological polar surface area (TPSA) is 78.1 Å². The zero-order chi connectivity index (χ0) is 14.3. The van der Waals surface area contributed by atoms with Gasteiger partial charge in [0.05, 0.1) is 33.8 Å². The molecule has 0 amide bonds. The van der Waals surface area contributed by atoms with E-state index in [-0.39, 0.29) is 0 Å². The number of halogens is 1. The van der Waals surface area contributed by atoms with Crippen molar-refractivity contribution in [1.82, 2.24) is 9.38 Å². The number of fused-ring (bicyclic) bond motifs is 1. The summed E-state index contributed by atoms with van der Waals surface area (Å²) in [5, 5.41) is 0.467. The lowest BCUT2D eigenvalue weighted by molar-refractivity contribution is 0.112. The minimum atomic E-state index is -2.47. The molecule has 0 saturated carbocycles. The summed E-state index contributed by atoms with van der Waals surface area (Å²) >= 11 is 6.12. The van der Waals surface area contributed by atoms with Gasteiger partial charge in [0.25, 0.3) is 0 Å². The van der Waals surface area contributed by atoms with Crippen LogP contribution in [-0.4, -0.2) is 49.4 Å². The van der Waals surface area contributed by atoms with Gasteiger partial charge in [-0.1, -0.05) is 11.6 Å². The Morgan fingerprint density at radius 2 is 2.05 bits per heavy atom. The van der Waals surface area contributed by atoms with Crippen LogP contribution in [0.2, 0.25) is 5.02 Å². The molecule has 0 bridgehead atoms. The van der Waals surface area contributed by atoms with E-state index in [0.717, 1.165) is 11.8 Å². The van der Waals surface area contributed by atoms with E-state index in [4.69, 9.17) is 11.6 Å². The summed E-state index contributed by atoms with van der Waals surface area (Å²) in [6, 6.07) is 1.62. The van der Waals surface area contributed by atoms with E-state index >= 15 is 0 Å². The summed E-state index contributed by atoms with van der Waals surface area (Å²) in [5.41, 5.74) is 1.20. The van der Waals surface area contributed by atoms with Gasteiger partial charge in [0, 0.05) is 13.1 Å². The van der Waals surface area contributed by atoms with E-state index in [2.05, 4.69) is 4.98 Å². The van der Waals surface area contributed by atoms with Gasteiger partial charge in [0.15, 0.2) is 6.29 Å². The van der Waals surface area contributed by atoms with Crippen LogP contribution in [0, 0.1) is 0 Å². The molecule has 1 aliphatic rings. The van der Waals surface area contributed by atoms with Gasteiger partial charge < -0.3 is 4.90 Å². The highest BCUT2D eigenvalue weighted by Gasteiger charge is 2.25. The number of carbonyl (C=O) groups is 1. The molecule has 0 spiro atoms. The lowest BCUT2D eigenvalue weighted by atomic mass is 10.2. The normalized spacial score (nSPS) is 20.1. The van der Waals surface area contributed by atoms with E-state index in [1.54, 1.807) is 23.0 Å². The quantitative estimate of drug-likeness (QED) is 0.832. The molecule has 2 N–H and O–H groups in total. The summed E-state index contributed by atoms with van der Waals surface area (Å²) in [4.78, 5) is 17.3. The monoisotopic (exact) mass is 315 g/mol. The molecular weight excluding hydrogens is 302 g/mol. The van der Waals surface area contributed by atoms with E-state index < -0.39 is 10.6 Å². The summed E-state index contributed by atoms with van der Waals surface area (Å²) in [7, 11) is -2.47. The SMILES string of the molecule is O=Cc1cc(Cl)c2cncn2c1N1CCS(O)(O)CC1. The number of nitrogens with zero attached hydrogens (tertiary/aromatic N) is 3. The van der Waals surface area contributed by atoms with Gasteiger partial charge in [-0.3, -0.25) is 18.3 Å². The van der Waals surface area contributed by atoms with Gasteiger partial charge in [0.1, 0.15) is 12.1 Å². The maximum absolute atomic E-state index is 11.3. The summed E-state index contributed by atoms with van der Waals surface area (Å²) in [6.45, 7) is 0.968. The van der Waals surface area contributed by atoms with Crippen molar-refractivity contribution in [3.63, 3.8) is 0 Å². The van der Waals surface area contributed by atoms with Crippen LogP contribution in [0.1, 0.15) is 10.4 Å². The van der Waals surface area contributed by atoms with Gasteiger partial charge in [0.2, 0.25) is 0 Å². The molecule has 108 valence electrons. The fraction of sp³-hybridized carbons (Fsp3) is 0.333. The molecule has 0 unspecified atom stereocenters. The molecule has 20 heavy (non-hydrogen) atoms. The molecule has 3 heterocycles. The zero-order valence-electron chi connectivity index (χ0n) is 10.6. The van der Waals surface area contributed by atoms with E-state index in [0.29, 0.717) is 41.0 Å². The molecule has 1 fully saturated rings. The Labute approximate surface area is 122 Å². The fourth-order valence-corrected chi connectivity index (χ4v) is 3.90. The maximum atomic E-state index is 11.3. The highest BCUT2D eigenvalue weighted by molar-refractivity contribution is 8.24. The Bertz CT molecular complexity index is 663. The first-order valence-corrected chi connectivity index (χ1v) is 8.36. The van der Waals surface area contributed by atoms with Crippen molar-refractivity contribution < 1.29 is 13.9 Å². The van der Waals surface area contributed by atoms with Crippen LogP contribution in [0.15, 0.2) is 18.6 Å². The van der Waals surface area contributed by atoms with E-state index in [1.807, 2.05) is 4.90 Å². The second kappa shape index (κ2) is 4.92. The number of aldehydes is 1. The average Bonchev–Trinajstić information content (AvgIpc) is 2.89. The molecule has 0 aliphatic carbocycles. The number of anilines is 1. The number of aromatic nitrogens is 2. The summed E-state index contributed by atoms with van der Waals surface area (Å²) in [5.74, 6) is 1.32. The Morgan fingerprint density at radius 1 is 1.35 bits per heavy atom. The predicted octanol–water partition coefficient (Wildman–Crippen LogP) is 2.37. The Morgan fingerprint density at radius 3 is 2.70 bits per heavy atom. The van der Waals surface area contributed by atoms with Crippen molar-refractivity contribution >= 4 is 39.8 Å². The van der Waals surface area contributed by atoms with Crippen molar-refractivity contribution in [2.75, 3.05) is 29.5 Å². The van der Waals surface area contributed by atoms with Crippen LogP contribution in [0.25, 0.3) is 5.52 Å². The average molecular weight is 316 g/mol. The minimum absolute atomic E-state index is 0.310. The van der Waals surface area contributed by atoms with Crippen LogP contribution in [0.3, 0.4) is 0 Å². The molecule has 0 atom stereocenters. The number of imidazole rings is 1. The molecule has 2 aromatic heterocycles. The van der Waals surface area contributed by atoms with Gasteiger partial charge in [-0.15, -0.1) is 0 Å². The van der Waals surface area contributed by atoms with Crippen molar-refractivity contribution in [2.24, 2.45) is 0 Å². The van der Waals surface area contributed by atoms with E-state index in [1.165, 1.54) is 0 Å². The summed E-state index contributed by atoms with van der Waals surface area (Å²) in [6.07, 6.45) is 4.00. The predicted molar refractivity (Wildman–Crippen MR) is 80.4 cm³/mol. The third-order valence-corrected chi connectivity index (χ3v) is 5.43. The van der Waals surface area contributed by atoms with Crippen molar-refractivity contribution in [1.29, 1.82) is 0 Å². The molecule has 0 aromatic carbocycles. The Kier molecular flexibility index (Phi) is 3.37. The second-order valence-corrected chi connectivity index (χ2v) is 7.56. The number of hydrogen-bond acceptors (Lipinski definition) is 5. The highest BCUT2D eigenvalue weighted by atomic mass is 35.5. The molecule has 0 radical (unpaired) electrons. The third-order valence-electron chi connectivity index (χ3n) is 3.45. The van der Waals surface area contributed by atoms with Crippen LogP contribution in [0.4, 0.5) is 5.82 Å². The van der Waals surface area contributed by atoms with Crippen molar-refractivity contribution in [2.45, 2.75) is 0 Å². The first-order valence-electron chi connectivity index (χ1n) is 6.10. The largest absolute Gasteiger partial charge is 0.354 e. The fourth-order valence-electron chi connectivity index (χ4n) is 2.41. The maximum Gasteiger partial charge on any atom is 0.153 e. The third kappa shape index (κ3) is 2.26. The number of hydrogen-bond donors (Lipinski definition) is 2. The molecular formula is C12H14ClN3O3S. The Balaban J connectivity index is 2.08. The summed E-state index contributed by atoms with van der Waals surface area (Å²) < 4.78 is 21.1. The minimum Gasteiger partial charge on any atom is -0.354 e. The van der Waals surface area contributed by atoms with Crippen molar-refractivity contribution in [3.8, 4) is 0 Å². The smallest absolute Gasteiger partial charge is 0.153 e. The molecule has 3 rings (SSSR count). The molecule has 2 aromatic rings. The van der Waals surface area contributed by atoms with Gasteiger partial charge >= 0.3 is 0 Å². The lowest BCUT2D eigenvalue weighted by Gasteiger charge is -2.42. The Hall–Kier alpha value is -1.28. The lowest BCUT2D eigenvalue weighted by Crippen LogP contribution is -2.39. The van der Waals surface area contributed by atoms with Gasteiger partial charge in [-0.2, -0.15) is 10.6 Å². The zero-order valence-corrected chi connectivity index (χ0v) is 12.1.